The number of hydrogen-bond donors (Lipinski definition) is 3. The average molecular weight is 760 g/mol. The van der Waals surface area contributed by atoms with Crippen LogP contribution in [0, 0.1) is 26.1 Å². The van der Waals surface area contributed by atoms with Crippen molar-refractivity contribution in [2.75, 3.05) is 26.4 Å². The zero-order valence-corrected chi connectivity index (χ0v) is 31.4. The van der Waals surface area contributed by atoms with E-state index in [2.05, 4.69) is 64.4 Å². The number of hydrogen-bond acceptors (Lipinski definition) is 12. The number of unbranched alkanes of at least 4 members (excludes halogenated alkanes) is 3. The summed E-state index contributed by atoms with van der Waals surface area (Å²) in [6.07, 6.45) is 15.9. The van der Waals surface area contributed by atoms with Crippen LogP contribution in [0.5, 0.6) is 0 Å². The molecule has 17 nitrogen and oxygen atoms in total. The fourth-order valence-corrected chi connectivity index (χ4v) is 5.03. The quantitative estimate of drug-likeness (QED) is 0.0392. The first-order chi connectivity index (χ1) is 24.8. The van der Waals surface area contributed by atoms with Crippen LogP contribution in [0.1, 0.15) is 110 Å². The van der Waals surface area contributed by atoms with E-state index in [1.165, 1.54) is 50.5 Å². The number of carbonyl (C=O) groups excluding carboxylic acids is 2. The van der Waals surface area contributed by atoms with Crippen molar-refractivity contribution in [3.05, 3.63) is 68.3 Å². The summed E-state index contributed by atoms with van der Waals surface area (Å²) in [6.45, 7) is 4.59. The van der Waals surface area contributed by atoms with Gasteiger partial charge >= 0.3 is 11.9 Å². The van der Waals surface area contributed by atoms with E-state index in [4.69, 9.17) is 14.6 Å². The molecule has 0 aliphatic heterocycles. The minimum atomic E-state index is -1.31. The van der Waals surface area contributed by atoms with Gasteiger partial charge in [-0.25, -0.2) is 0 Å². The monoisotopic (exact) mass is 759 g/mol. The molecule has 3 unspecified atom stereocenters. The highest BCUT2D eigenvalue weighted by molar-refractivity contribution is 5.76. The molecule has 0 radical (unpaired) electrons. The summed E-state index contributed by atoms with van der Waals surface area (Å²) in [5, 5.41) is 38.3. The number of aliphatic hydroxyl groups excluding tert-OH is 1. The van der Waals surface area contributed by atoms with Crippen molar-refractivity contribution in [2.24, 2.45) is 5.92 Å². The van der Waals surface area contributed by atoms with Gasteiger partial charge in [-0.3, -0.25) is 14.4 Å². The summed E-state index contributed by atoms with van der Waals surface area (Å²) in [5.41, 5.74) is 1.45. The number of esters is 1. The Bertz CT molecular complexity index is 1150. The molecule has 1 fully saturated rings. The number of carboxylic acid groups (broad SMARTS) is 1. The third-order valence-corrected chi connectivity index (χ3v) is 7.56. The number of benzene rings is 1. The largest absolute Gasteiger partial charge is 0.481 e. The maximum Gasteiger partial charge on any atom is 0.306 e. The van der Waals surface area contributed by atoms with E-state index < -0.39 is 41.4 Å². The number of aliphatic carboxylic acids is 1. The van der Waals surface area contributed by atoms with Crippen LogP contribution in [0.2, 0.25) is 0 Å². The number of rotatable bonds is 25. The number of carbonyl (C=O) groups is 3. The lowest BCUT2D eigenvalue weighted by Gasteiger charge is -2.13. The third-order valence-electron chi connectivity index (χ3n) is 7.56. The number of carboxylic acids is 1. The molecule has 1 aliphatic rings. The molecule has 1 aromatic rings. The fourth-order valence-electron chi connectivity index (χ4n) is 5.03. The van der Waals surface area contributed by atoms with Gasteiger partial charge in [-0.05, 0) is 76.7 Å². The number of nitrogens with zero attached hydrogens (tertiary/aromatic N) is 2. The maximum absolute atomic E-state index is 11.2. The molecule has 0 aromatic heterocycles. The van der Waals surface area contributed by atoms with Crippen LogP contribution in [-0.4, -0.2) is 88.4 Å². The fraction of sp³-hybridized carbons (Fsp3) is 0.694. The molecule has 0 bridgehead atoms. The van der Waals surface area contributed by atoms with E-state index in [1.807, 2.05) is 13.8 Å². The van der Waals surface area contributed by atoms with Gasteiger partial charge in [-0.2, -0.15) is 0 Å². The number of aliphatic hydroxyl groups is 1. The topological polar surface area (TPSA) is 258 Å². The number of allylic oxidation sites excluding steroid dienone is 2. The first-order valence-corrected chi connectivity index (χ1v) is 18.0. The predicted octanol–water partition coefficient (Wildman–Crippen LogP) is 4.97. The average Bonchev–Trinajstić information content (AvgIpc) is 3.49. The lowest BCUT2D eigenvalue weighted by atomic mass is 9.97. The molecular weight excluding hydrogens is 698 g/mol. The molecule has 1 aliphatic carbocycles. The molecule has 0 heterocycles. The highest BCUT2D eigenvalue weighted by Gasteiger charge is 2.24. The molecule has 2 rings (SSSR count). The van der Waals surface area contributed by atoms with Gasteiger partial charge in [0.15, 0.2) is 6.10 Å². The van der Waals surface area contributed by atoms with Crippen LogP contribution >= 0.6 is 0 Å². The van der Waals surface area contributed by atoms with Gasteiger partial charge in [-0.1, -0.05) is 68.7 Å². The Hall–Kier alpha value is -4.35. The summed E-state index contributed by atoms with van der Waals surface area (Å²) in [6, 6.07) is 10.7. The zero-order valence-electron chi connectivity index (χ0n) is 31.4. The van der Waals surface area contributed by atoms with Gasteiger partial charge in [-0.15, -0.1) is 20.2 Å². The van der Waals surface area contributed by atoms with Crippen molar-refractivity contribution >= 4 is 17.8 Å². The second-order valence-electron chi connectivity index (χ2n) is 12.4. The maximum atomic E-state index is 11.2. The molecule has 1 amide bonds. The van der Waals surface area contributed by atoms with Gasteiger partial charge in [0.05, 0.1) is 31.8 Å². The molecule has 0 saturated heterocycles. The summed E-state index contributed by atoms with van der Waals surface area (Å²) >= 11 is 0. The van der Waals surface area contributed by atoms with Gasteiger partial charge in [0, 0.05) is 19.4 Å². The smallest absolute Gasteiger partial charge is 0.306 e. The van der Waals surface area contributed by atoms with Crippen molar-refractivity contribution in [3.8, 4) is 0 Å². The molecule has 1 aromatic carbocycles. The van der Waals surface area contributed by atoms with E-state index in [0.29, 0.717) is 12.3 Å². The molecule has 0 spiro atoms. The summed E-state index contributed by atoms with van der Waals surface area (Å²) < 4.78 is 9.91. The minimum absolute atomic E-state index is 0. The van der Waals surface area contributed by atoms with Crippen molar-refractivity contribution in [1.29, 1.82) is 0 Å². The Morgan fingerprint density at radius 1 is 0.962 bits per heavy atom. The first kappa shape index (κ1) is 50.8. The minimum Gasteiger partial charge on any atom is -0.481 e. The van der Waals surface area contributed by atoms with Crippen LogP contribution in [0.4, 0.5) is 0 Å². The highest BCUT2D eigenvalue weighted by Crippen LogP contribution is 2.29. The Labute approximate surface area is 311 Å². The molecule has 3 atom stereocenters. The van der Waals surface area contributed by atoms with Gasteiger partial charge in [0.25, 0.3) is 10.2 Å². The lowest BCUT2D eigenvalue weighted by molar-refractivity contribution is -0.790. The Balaban J connectivity index is 0. The summed E-state index contributed by atoms with van der Waals surface area (Å²) in [5.74, 6) is -0.997. The summed E-state index contributed by atoms with van der Waals surface area (Å²) in [7, 11) is 0. The van der Waals surface area contributed by atoms with Gasteiger partial charge < -0.3 is 40.2 Å². The SMILES string of the molecule is CC/C=C\CCCC(=O)OC(C)C.O.O=C(O)CCNC(=O)CCOCC(CO[N+](=O)[O-])O[N+](=O)[O-].OC1CCCC1CCCCCc1ccccc1. The molecule has 304 valence electrons. The van der Waals surface area contributed by atoms with E-state index in [9.17, 15) is 39.7 Å². The van der Waals surface area contributed by atoms with Crippen molar-refractivity contribution in [1.82, 2.24) is 5.32 Å². The second kappa shape index (κ2) is 33.5. The number of aryl methyl sites for hydroxylation is 1. The van der Waals surface area contributed by atoms with E-state index in [1.54, 1.807) is 0 Å². The number of ether oxygens (including phenoxy) is 2. The highest BCUT2D eigenvalue weighted by atomic mass is 17.0. The molecule has 5 N–H and O–H groups in total. The van der Waals surface area contributed by atoms with Crippen LogP contribution in [-0.2, 0) is 40.0 Å². The van der Waals surface area contributed by atoms with Crippen molar-refractivity contribution in [3.63, 3.8) is 0 Å². The molecule has 1 saturated carbocycles. The predicted molar refractivity (Wildman–Crippen MR) is 196 cm³/mol. The number of nitrogens with one attached hydrogen (secondary N) is 1. The second-order valence-corrected chi connectivity index (χ2v) is 12.4. The Morgan fingerprint density at radius 2 is 1.68 bits per heavy atom. The molecule has 53 heavy (non-hydrogen) atoms. The van der Waals surface area contributed by atoms with Crippen LogP contribution in [0.25, 0.3) is 0 Å². The van der Waals surface area contributed by atoms with Crippen LogP contribution in [0.15, 0.2) is 42.5 Å². The van der Waals surface area contributed by atoms with Crippen molar-refractivity contribution < 1.29 is 59.4 Å². The van der Waals surface area contributed by atoms with E-state index in [0.717, 1.165) is 25.7 Å². The van der Waals surface area contributed by atoms with Crippen molar-refractivity contribution in [2.45, 2.75) is 129 Å². The zero-order chi connectivity index (χ0) is 39.0. The summed E-state index contributed by atoms with van der Waals surface area (Å²) in [4.78, 5) is 60.6. The first-order valence-electron chi connectivity index (χ1n) is 18.0. The molecule has 17 heteroatoms. The van der Waals surface area contributed by atoms with Crippen LogP contribution < -0.4 is 5.32 Å². The van der Waals surface area contributed by atoms with Gasteiger partial charge in [0.1, 0.15) is 6.61 Å². The standard InChI is InChI=1S/C16H24O.C11H20O2.C9H15N3O10.H2O/c17-16-13-7-12-15(16)11-6-2-5-10-14-8-3-1-4-9-14;1-4-5-6-7-8-9-11(12)13-10(2)3;13-8(10-3-1-9(14)15)2-4-20-5-7(22-12(18)19)6-21-11(16)17;/h1,3-4,8-9,15-17H,2,5-7,10-13H2;5-6,10H,4,7-9H2,1-3H3;7H,1-6H2,(H,10,13)(H,14,15);1H2/b;6-5-;;. The third kappa shape index (κ3) is 33.2. The van der Waals surface area contributed by atoms with E-state index >= 15 is 0 Å². The lowest BCUT2D eigenvalue weighted by Crippen LogP contribution is -2.30. The van der Waals surface area contributed by atoms with Crippen LogP contribution in [0.3, 0.4) is 0 Å². The number of amides is 1. The normalized spacial score (nSPS) is 15.1. The molecular formula is C36H61N3O14. The Morgan fingerprint density at radius 3 is 2.26 bits per heavy atom. The van der Waals surface area contributed by atoms with Gasteiger partial charge in [0.2, 0.25) is 5.91 Å². The van der Waals surface area contributed by atoms with E-state index in [-0.39, 0.29) is 49.6 Å². The Kier molecular flexibility index (Phi) is 32.1.